The van der Waals surface area contributed by atoms with E-state index in [1.807, 2.05) is 38.4 Å². The summed E-state index contributed by atoms with van der Waals surface area (Å²) in [6.07, 6.45) is 5.88. The Kier molecular flexibility index (Phi) is 4.28. The molecule has 3 aromatic heterocycles. The van der Waals surface area contributed by atoms with Gasteiger partial charge in [0.15, 0.2) is 11.6 Å². The van der Waals surface area contributed by atoms with Crippen molar-refractivity contribution in [1.29, 1.82) is 0 Å². The molecule has 0 fully saturated rings. The zero-order valence-corrected chi connectivity index (χ0v) is 15.0. The molecule has 3 aromatic rings. The second-order valence-electron chi connectivity index (χ2n) is 6.61. The van der Waals surface area contributed by atoms with Crippen LogP contribution >= 0.6 is 0 Å². The number of nitrogens with zero attached hydrogens (tertiary/aromatic N) is 5. The van der Waals surface area contributed by atoms with Crippen LogP contribution in [0.15, 0.2) is 35.0 Å². The predicted molar refractivity (Wildman–Crippen MR) is 94.5 cm³/mol. The van der Waals surface area contributed by atoms with Crippen molar-refractivity contribution in [2.75, 3.05) is 6.54 Å². The lowest BCUT2D eigenvalue weighted by Gasteiger charge is -2.24. The van der Waals surface area contributed by atoms with E-state index in [4.69, 9.17) is 4.42 Å². The van der Waals surface area contributed by atoms with Crippen molar-refractivity contribution in [3.63, 3.8) is 0 Å². The van der Waals surface area contributed by atoms with Crippen LogP contribution in [-0.2, 0) is 32.9 Å². The summed E-state index contributed by atoms with van der Waals surface area (Å²) in [5, 5.41) is 4.29. The Hall–Kier alpha value is -2.96. The highest BCUT2D eigenvalue weighted by Crippen LogP contribution is 2.22. The third-order valence-corrected chi connectivity index (χ3v) is 4.74. The molecule has 7 heteroatoms. The van der Waals surface area contributed by atoms with Gasteiger partial charge in [0.25, 0.3) is 5.91 Å². The molecule has 0 saturated carbocycles. The monoisotopic (exact) mass is 351 g/mol. The molecule has 1 amide bonds. The molecule has 0 spiro atoms. The SMILES string of the molecule is Cc1cc(C(=O)N2CCc3oc(CCc4cccnc4)nc3C2)nn1C. The van der Waals surface area contributed by atoms with Crippen molar-refractivity contribution in [3.05, 3.63) is 64.9 Å². The average Bonchev–Trinajstić information content (AvgIpc) is 3.22. The van der Waals surface area contributed by atoms with Gasteiger partial charge in [-0.15, -0.1) is 0 Å². The summed E-state index contributed by atoms with van der Waals surface area (Å²) in [5.41, 5.74) is 3.46. The minimum absolute atomic E-state index is 0.0562. The van der Waals surface area contributed by atoms with Gasteiger partial charge in [-0.25, -0.2) is 4.98 Å². The molecule has 0 aromatic carbocycles. The minimum Gasteiger partial charge on any atom is -0.445 e. The van der Waals surface area contributed by atoms with Gasteiger partial charge in [-0.05, 0) is 31.0 Å². The number of hydrogen-bond donors (Lipinski definition) is 0. The number of amides is 1. The van der Waals surface area contributed by atoms with E-state index >= 15 is 0 Å². The van der Waals surface area contributed by atoms with Crippen molar-refractivity contribution in [3.8, 4) is 0 Å². The number of carbonyl (C=O) groups is 1. The van der Waals surface area contributed by atoms with E-state index in [2.05, 4.69) is 15.1 Å². The molecule has 0 unspecified atom stereocenters. The van der Waals surface area contributed by atoms with Crippen LogP contribution in [-0.4, -0.2) is 37.1 Å². The highest BCUT2D eigenvalue weighted by atomic mass is 16.4. The first-order chi connectivity index (χ1) is 12.6. The van der Waals surface area contributed by atoms with Gasteiger partial charge in [0.05, 0.1) is 6.54 Å². The predicted octanol–water partition coefficient (Wildman–Crippen LogP) is 2.10. The van der Waals surface area contributed by atoms with Gasteiger partial charge in [-0.3, -0.25) is 14.5 Å². The van der Waals surface area contributed by atoms with E-state index in [1.165, 1.54) is 0 Å². The minimum atomic E-state index is -0.0562. The molecule has 26 heavy (non-hydrogen) atoms. The number of aryl methyl sites for hydroxylation is 4. The Morgan fingerprint density at radius 3 is 2.96 bits per heavy atom. The van der Waals surface area contributed by atoms with E-state index in [-0.39, 0.29) is 5.91 Å². The van der Waals surface area contributed by atoms with Crippen LogP contribution < -0.4 is 0 Å². The van der Waals surface area contributed by atoms with Gasteiger partial charge in [0, 0.05) is 44.5 Å². The molecule has 4 heterocycles. The van der Waals surface area contributed by atoms with E-state index in [1.54, 1.807) is 15.8 Å². The maximum Gasteiger partial charge on any atom is 0.274 e. The summed E-state index contributed by atoms with van der Waals surface area (Å²) in [6.45, 7) is 3.03. The van der Waals surface area contributed by atoms with Crippen LogP contribution in [0.3, 0.4) is 0 Å². The molecule has 1 aliphatic heterocycles. The Balaban J connectivity index is 1.44. The summed E-state index contributed by atoms with van der Waals surface area (Å²) in [6, 6.07) is 5.80. The van der Waals surface area contributed by atoms with Crippen LogP contribution in [0, 0.1) is 6.92 Å². The van der Waals surface area contributed by atoms with Crippen molar-refractivity contribution in [2.24, 2.45) is 7.05 Å². The molecule has 0 aliphatic carbocycles. The van der Waals surface area contributed by atoms with Gasteiger partial charge in [0.2, 0.25) is 0 Å². The van der Waals surface area contributed by atoms with E-state index in [0.29, 0.717) is 25.2 Å². The molecule has 7 nitrogen and oxygen atoms in total. The summed E-state index contributed by atoms with van der Waals surface area (Å²) < 4.78 is 7.61. The van der Waals surface area contributed by atoms with Gasteiger partial charge in [-0.2, -0.15) is 5.10 Å². The molecule has 0 atom stereocenters. The lowest BCUT2D eigenvalue weighted by Crippen LogP contribution is -2.36. The smallest absolute Gasteiger partial charge is 0.274 e. The first-order valence-corrected chi connectivity index (χ1v) is 8.76. The topological polar surface area (TPSA) is 77.1 Å². The Labute approximate surface area is 151 Å². The van der Waals surface area contributed by atoms with Crippen LogP contribution in [0.1, 0.15) is 39.1 Å². The van der Waals surface area contributed by atoms with E-state index in [9.17, 15) is 4.79 Å². The van der Waals surface area contributed by atoms with Crippen LogP contribution in [0.25, 0.3) is 0 Å². The fraction of sp³-hybridized carbons (Fsp3) is 0.368. The molecule has 1 aliphatic rings. The number of pyridine rings is 1. The van der Waals surface area contributed by atoms with E-state index < -0.39 is 0 Å². The van der Waals surface area contributed by atoms with Gasteiger partial charge in [-0.1, -0.05) is 6.07 Å². The first kappa shape index (κ1) is 16.5. The fourth-order valence-electron chi connectivity index (χ4n) is 3.16. The molecular weight excluding hydrogens is 330 g/mol. The highest BCUT2D eigenvalue weighted by molar-refractivity contribution is 5.92. The second kappa shape index (κ2) is 6.74. The van der Waals surface area contributed by atoms with Crippen LogP contribution in [0.4, 0.5) is 0 Å². The second-order valence-corrected chi connectivity index (χ2v) is 6.61. The number of aromatic nitrogens is 4. The highest BCUT2D eigenvalue weighted by Gasteiger charge is 2.27. The number of hydrogen-bond acceptors (Lipinski definition) is 5. The molecule has 0 bridgehead atoms. The maximum absolute atomic E-state index is 12.7. The standard InChI is InChI=1S/C19H21N5O2/c1-13-10-15(22-23(13)2)19(25)24-9-7-17-16(12-24)21-18(26-17)6-5-14-4-3-8-20-11-14/h3-4,8,10-11H,5-7,9,12H2,1-2H3. The molecule has 0 N–H and O–H groups in total. The molecule has 134 valence electrons. The lowest BCUT2D eigenvalue weighted by atomic mass is 10.1. The van der Waals surface area contributed by atoms with Crippen molar-refractivity contribution in [1.82, 2.24) is 24.6 Å². The quantitative estimate of drug-likeness (QED) is 0.719. The molecule has 0 saturated heterocycles. The summed E-state index contributed by atoms with van der Waals surface area (Å²) >= 11 is 0. The number of rotatable bonds is 4. The van der Waals surface area contributed by atoms with Gasteiger partial charge >= 0.3 is 0 Å². The Morgan fingerprint density at radius 1 is 1.35 bits per heavy atom. The molecular formula is C19H21N5O2. The number of carbonyl (C=O) groups excluding carboxylic acids is 1. The largest absolute Gasteiger partial charge is 0.445 e. The number of fused-ring (bicyclic) bond motifs is 1. The van der Waals surface area contributed by atoms with Gasteiger partial charge in [0.1, 0.15) is 11.5 Å². The Bertz CT molecular complexity index is 909. The molecule has 4 rings (SSSR count). The fourth-order valence-corrected chi connectivity index (χ4v) is 3.16. The summed E-state index contributed by atoms with van der Waals surface area (Å²) in [4.78, 5) is 23.2. The summed E-state index contributed by atoms with van der Waals surface area (Å²) in [5.74, 6) is 1.56. The van der Waals surface area contributed by atoms with Crippen molar-refractivity contribution < 1.29 is 9.21 Å². The van der Waals surface area contributed by atoms with Crippen LogP contribution in [0.2, 0.25) is 0 Å². The lowest BCUT2D eigenvalue weighted by molar-refractivity contribution is 0.0721. The van der Waals surface area contributed by atoms with Crippen molar-refractivity contribution in [2.45, 2.75) is 32.7 Å². The zero-order valence-electron chi connectivity index (χ0n) is 15.0. The van der Waals surface area contributed by atoms with E-state index in [0.717, 1.165) is 41.4 Å². The Morgan fingerprint density at radius 2 is 2.23 bits per heavy atom. The summed E-state index contributed by atoms with van der Waals surface area (Å²) in [7, 11) is 1.84. The van der Waals surface area contributed by atoms with Crippen LogP contribution in [0.5, 0.6) is 0 Å². The zero-order chi connectivity index (χ0) is 18.1. The normalized spacial score (nSPS) is 13.7. The third-order valence-electron chi connectivity index (χ3n) is 4.74. The maximum atomic E-state index is 12.7. The van der Waals surface area contributed by atoms with Gasteiger partial charge < -0.3 is 9.32 Å². The third kappa shape index (κ3) is 3.24. The average molecular weight is 351 g/mol. The number of oxazole rings is 1. The van der Waals surface area contributed by atoms with Crippen molar-refractivity contribution >= 4 is 5.91 Å². The molecule has 0 radical (unpaired) electrons. The first-order valence-electron chi connectivity index (χ1n) is 8.76.